The van der Waals surface area contributed by atoms with Gasteiger partial charge in [0, 0.05) is 4.47 Å². The number of hydrogen-bond donors (Lipinski definition) is 0. The van der Waals surface area contributed by atoms with E-state index in [4.69, 9.17) is 4.74 Å². The molecule has 0 bridgehead atoms. The van der Waals surface area contributed by atoms with Crippen molar-refractivity contribution in [3.8, 4) is 5.75 Å². The van der Waals surface area contributed by atoms with Crippen molar-refractivity contribution in [2.75, 3.05) is 13.7 Å². The number of ether oxygens (including phenoxy) is 2. The molecule has 1 rings (SSSR count). The summed E-state index contributed by atoms with van der Waals surface area (Å²) in [7, 11) is 1.43. The number of ketones is 1. The number of rotatable bonds is 4. The van der Waals surface area contributed by atoms with E-state index in [1.807, 2.05) is 0 Å². The SMILES string of the molecule is CCOC(=O)C(=O)c1c(Br)cccc1OC. The Kier molecular flexibility index (Phi) is 4.49. The fourth-order valence-corrected chi connectivity index (χ4v) is 1.72. The Hall–Kier alpha value is -1.36. The minimum Gasteiger partial charge on any atom is -0.496 e. The molecule has 16 heavy (non-hydrogen) atoms. The number of benzene rings is 1. The number of Topliss-reactive ketones (excluding diaryl/α,β-unsaturated/α-hetero) is 1. The summed E-state index contributed by atoms with van der Waals surface area (Å²) in [5.74, 6) is -1.26. The second-order valence-electron chi connectivity index (χ2n) is 2.87. The summed E-state index contributed by atoms with van der Waals surface area (Å²) in [6, 6.07) is 4.98. The number of carbonyl (C=O) groups is 2. The van der Waals surface area contributed by atoms with Crippen LogP contribution in [0, 0.1) is 0 Å². The van der Waals surface area contributed by atoms with Crippen LogP contribution in [-0.4, -0.2) is 25.5 Å². The molecule has 86 valence electrons. The Labute approximate surface area is 102 Å². The summed E-state index contributed by atoms with van der Waals surface area (Å²) in [4.78, 5) is 23.1. The third-order valence-corrected chi connectivity index (χ3v) is 2.54. The van der Waals surface area contributed by atoms with Gasteiger partial charge in [-0.2, -0.15) is 0 Å². The first kappa shape index (κ1) is 12.7. The van der Waals surface area contributed by atoms with E-state index < -0.39 is 11.8 Å². The Morgan fingerprint density at radius 1 is 1.38 bits per heavy atom. The largest absolute Gasteiger partial charge is 0.496 e. The van der Waals surface area contributed by atoms with Crippen molar-refractivity contribution in [2.45, 2.75) is 6.92 Å². The summed E-state index contributed by atoms with van der Waals surface area (Å²) in [6.07, 6.45) is 0. The first-order chi connectivity index (χ1) is 7.61. The lowest BCUT2D eigenvalue weighted by Crippen LogP contribution is -2.18. The molecule has 4 nitrogen and oxygen atoms in total. The van der Waals surface area contributed by atoms with E-state index in [0.29, 0.717) is 10.2 Å². The van der Waals surface area contributed by atoms with Crippen molar-refractivity contribution >= 4 is 27.7 Å². The van der Waals surface area contributed by atoms with Crippen molar-refractivity contribution < 1.29 is 19.1 Å². The monoisotopic (exact) mass is 286 g/mol. The van der Waals surface area contributed by atoms with Crippen LogP contribution < -0.4 is 4.74 Å². The third kappa shape index (κ3) is 2.61. The molecule has 0 aromatic heterocycles. The maximum absolute atomic E-state index is 11.8. The van der Waals surface area contributed by atoms with Crippen LogP contribution in [0.25, 0.3) is 0 Å². The van der Waals surface area contributed by atoms with Gasteiger partial charge >= 0.3 is 5.97 Å². The van der Waals surface area contributed by atoms with Gasteiger partial charge in [-0.05, 0) is 35.0 Å². The standard InChI is InChI=1S/C11H11BrO4/c1-3-16-11(14)10(13)9-7(12)5-4-6-8(9)15-2/h4-6H,3H2,1-2H3. The number of esters is 1. The van der Waals surface area contributed by atoms with Gasteiger partial charge in [0.15, 0.2) is 0 Å². The molecule has 0 aliphatic rings. The van der Waals surface area contributed by atoms with Gasteiger partial charge in [0.25, 0.3) is 5.78 Å². The highest BCUT2D eigenvalue weighted by Crippen LogP contribution is 2.27. The second-order valence-corrected chi connectivity index (χ2v) is 3.72. The lowest BCUT2D eigenvalue weighted by atomic mass is 10.1. The van der Waals surface area contributed by atoms with Gasteiger partial charge in [-0.3, -0.25) is 4.79 Å². The zero-order valence-corrected chi connectivity index (χ0v) is 10.5. The molecule has 0 amide bonds. The van der Waals surface area contributed by atoms with E-state index in [0.717, 1.165) is 0 Å². The lowest BCUT2D eigenvalue weighted by Gasteiger charge is -2.08. The van der Waals surface area contributed by atoms with Gasteiger partial charge < -0.3 is 9.47 Å². The fraction of sp³-hybridized carbons (Fsp3) is 0.273. The predicted molar refractivity (Wildman–Crippen MR) is 61.7 cm³/mol. The van der Waals surface area contributed by atoms with Gasteiger partial charge in [-0.25, -0.2) is 4.79 Å². The highest BCUT2D eigenvalue weighted by Gasteiger charge is 2.23. The molecule has 0 aliphatic carbocycles. The first-order valence-electron chi connectivity index (χ1n) is 4.65. The summed E-state index contributed by atoms with van der Waals surface area (Å²) in [5.41, 5.74) is 0.184. The molecular formula is C11H11BrO4. The topological polar surface area (TPSA) is 52.6 Å². The van der Waals surface area contributed by atoms with E-state index in [9.17, 15) is 9.59 Å². The molecular weight excluding hydrogens is 276 g/mol. The lowest BCUT2D eigenvalue weighted by molar-refractivity contribution is -0.137. The Balaban J connectivity index is 3.12. The minimum atomic E-state index is -0.882. The van der Waals surface area contributed by atoms with E-state index in [-0.39, 0.29) is 12.2 Å². The molecule has 0 saturated carbocycles. The van der Waals surface area contributed by atoms with Gasteiger partial charge in [0.2, 0.25) is 0 Å². The van der Waals surface area contributed by atoms with E-state index in [1.54, 1.807) is 25.1 Å². The van der Waals surface area contributed by atoms with Crippen LogP contribution in [0.5, 0.6) is 5.75 Å². The zero-order valence-electron chi connectivity index (χ0n) is 8.95. The van der Waals surface area contributed by atoms with Crippen molar-refractivity contribution in [1.29, 1.82) is 0 Å². The summed E-state index contributed by atoms with van der Waals surface area (Å²) < 4.78 is 10.2. The van der Waals surface area contributed by atoms with Crippen LogP contribution in [0.4, 0.5) is 0 Å². The molecule has 0 heterocycles. The molecule has 1 aromatic rings. The van der Waals surface area contributed by atoms with Crippen LogP contribution in [0.3, 0.4) is 0 Å². The van der Waals surface area contributed by atoms with E-state index in [1.165, 1.54) is 7.11 Å². The second kappa shape index (κ2) is 5.65. The normalized spacial score (nSPS) is 9.69. The molecule has 5 heteroatoms. The smallest absolute Gasteiger partial charge is 0.379 e. The molecule has 0 saturated heterocycles. The van der Waals surface area contributed by atoms with E-state index >= 15 is 0 Å². The molecule has 0 radical (unpaired) electrons. The number of hydrogen-bond acceptors (Lipinski definition) is 4. The number of carbonyl (C=O) groups excluding carboxylic acids is 2. The van der Waals surface area contributed by atoms with Gasteiger partial charge in [-0.1, -0.05) is 6.07 Å². The van der Waals surface area contributed by atoms with Crippen LogP contribution in [-0.2, 0) is 9.53 Å². The van der Waals surface area contributed by atoms with E-state index in [2.05, 4.69) is 20.7 Å². The molecule has 0 spiro atoms. The van der Waals surface area contributed by atoms with Crippen LogP contribution in [0.1, 0.15) is 17.3 Å². The molecule has 0 aliphatic heterocycles. The van der Waals surface area contributed by atoms with Gasteiger partial charge in [0.05, 0.1) is 19.3 Å². The highest BCUT2D eigenvalue weighted by molar-refractivity contribution is 9.10. The van der Waals surface area contributed by atoms with Crippen molar-refractivity contribution in [1.82, 2.24) is 0 Å². The number of methoxy groups -OCH3 is 1. The van der Waals surface area contributed by atoms with Crippen molar-refractivity contribution in [3.63, 3.8) is 0 Å². The molecule has 1 aromatic carbocycles. The Bertz CT molecular complexity index is 414. The maximum atomic E-state index is 11.8. The third-order valence-electron chi connectivity index (χ3n) is 1.88. The fourth-order valence-electron chi connectivity index (χ4n) is 1.19. The van der Waals surface area contributed by atoms with Crippen molar-refractivity contribution in [2.24, 2.45) is 0 Å². The summed E-state index contributed by atoms with van der Waals surface area (Å²) in [5, 5.41) is 0. The van der Waals surface area contributed by atoms with Crippen LogP contribution >= 0.6 is 15.9 Å². The average Bonchev–Trinajstić information content (AvgIpc) is 2.28. The summed E-state index contributed by atoms with van der Waals surface area (Å²) >= 11 is 3.20. The Morgan fingerprint density at radius 2 is 2.06 bits per heavy atom. The minimum absolute atomic E-state index is 0.164. The Morgan fingerprint density at radius 3 is 2.62 bits per heavy atom. The van der Waals surface area contributed by atoms with Crippen LogP contribution in [0.15, 0.2) is 22.7 Å². The molecule has 0 N–H and O–H groups in total. The van der Waals surface area contributed by atoms with Crippen molar-refractivity contribution in [3.05, 3.63) is 28.2 Å². The average molecular weight is 287 g/mol. The van der Waals surface area contributed by atoms with Gasteiger partial charge in [-0.15, -0.1) is 0 Å². The van der Waals surface area contributed by atoms with Gasteiger partial charge in [0.1, 0.15) is 5.75 Å². The van der Waals surface area contributed by atoms with Crippen LogP contribution in [0.2, 0.25) is 0 Å². The predicted octanol–water partition coefficient (Wildman–Crippen LogP) is 2.20. The first-order valence-corrected chi connectivity index (χ1v) is 5.45. The quantitative estimate of drug-likeness (QED) is 0.484. The molecule has 0 fully saturated rings. The maximum Gasteiger partial charge on any atom is 0.379 e. The molecule has 0 atom stereocenters. The zero-order chi connectivity index (χ0) is 12.1. The number of halogens is 1. The summed E-state index contributed by atoms with van der Waals surface area (Å²) in [6.45, 7) is 1.81. The molecule has 0 unspecified atom stereocenters. The highest BCUT2D eigenvalue weighted by atomic mass is 79.9.